The van der Waals surface area contributed by atoms with Gasteiger partial charge in [-0.05, 0) is 6.07 Å². The molecule has 1 aromatic heterocycles. The standard InChI is InChI=1S/C10H10O6/c1-6(4-8(12)13)10(14)16-9-3-2-7(5-11)15-9/h2-3,5-6H,4H2,1H3,(H,12,13). The van der Waals surface area contributed by atoms with E-state index >= 15 is 0 Å². The van der Waals surface area contributed by atoms with E-state index in [2.05, 4.69) is 0 Å². The Labute approximate surface area is 90.8 Å². The lowest BCUT2D eigenvalue weighted by Gasteiger charge is -2.05. The van der Waals surface area contributed by atoms with Gasteiger partial charge in [0.1, 0.15) is 0 Å². The number of rotatable bonds is 5. The molecule has 16 heavy (non-hydrogen) atoms. The van der Waals surface area contributed by atoms with Crippen molar-refractivity contribution in [2.75, 3.05) is 0 Å². The zero-order valence-electron chi connectivity index (χ0n) is 8.50. The highest BCUT2D eigenvalue weighted by Crippen LogP contribution is 2.16. The molecule has 1 atom stereocenters. The summed E-state index contributed by atoms with van der Waals surface area (Å²) in [6.45, 7) is 1.43. The van der Waals surface area contributed by atoms with Crippen molar-refractivity contribution in [3.8, 4) is 5.95 Å². The zero-order chi connectivity index (χ0) is 12.1. The fourth-order valence-electron chi connectivity index (χ4n) is 0.998. The Morgan fingerprint density at radius 2 is 2.25 bits per heavy atom. The van der Waals surface area contributed by atoms with Gasteiger partial charge in [-0.2, -0.15) is 0 Å². The summed E-state index contributed by atoms with van der Waals surface area (Å²) in [5.41, 5.74) is 0. The first kappa shape index (κ1) is 12.0. The summed E-state index contributed by atoms with van der Waals surface area (Å²) in [4.78, 5) is 31.9. The number of esters is 1. The first-order chi connectivity index (χ1) is 7.52. The van der Waals surface area contributed by atoms with Crippen LogP contribution in [0.3, 0.4) is 0 Å². The Morgan fingerprint density at radius 1 is 1.56 bits per heavy atom. The van der Waals surface area contributed by atoms with Crippen LogP contribution in [-0.2, 0) is 9.59 Å². The van der Waals surface area contributed by atoms with E-state index in [9.17, 15) is 14.4 Å². The zero-order valence-corrected chi connectivity index (χ0v) is 8.50. The summed E-state index contributed by atoms with van der Waals surface area (Å²) in [5.74, 6) is -2.66. The maximum absolute atomic E-state index is 11.3. The minimum atomic E-state index is -1.09. The molecule has 1 unspecified atom stereocenters. The number of furan rings is 1. The number of aldehydes is 1. The number of hydrogen-bond acceptors (Lipinski definition) is 5. The van der Waals surface area contributed by atoms with Crippen LogP contribution < -0.4 is 4.74 Å². The first-order valence-electron chi connectivity index (χ1n) is 4.51. The molecule has 0 aliphatic carbocycles. The molecule has 1 aromatic rings. The normalized spacial score (nSPS) is 11.8. The van der Waals surface area contributed by atoms with Gasteiger partial charge < -0.3 is 14.3 Å². The highest BCUT2D eigenvalue weighted by Gasteiger charge is 2.19. The average Bonchev–Trinajstić information content (AvgIpc) is 2.64. The second-order valence-electron chi connectivity index (χ2n) is 3.19. The smallest absolute Gasteiger partial charge is 0.317 e. The SMILES string of the molecule is CC(CC(=O)O)C(=O)Oc1ccc(C=O)o1. The predicted molar refractivity (Wildman–Crippen MR) is 51.1 cm³/mol. The fraction of sp³-hybridized carbons (Fsp3) is 0.300. The molecule has 1 N–H and O–H groups in total. The van der Waals surface area contributed by atoms with E-state index in [1.54, 1.807) is 0 Å². The Bertz CT molecular complexity index is 405. The van der Waals surface area contributed by atoms with Crippen molar-refractivity contribution in [3.63, 3.8) is 0 Å². The minimum Gasteiger partial charge on any atom is -0.481 e. The van der Waals surface area contributed by atoms with Gasteiger partial charge in [-0.25, -0.2) is 0 Å². The molecule has 0 bridgehead atoms. The van der Waals surface area contributed by atoms with Crippen molar-refractivity contribution in [1.82, 2.24) is 0 Å². The van der Waals surface area contributed by atoms with Gasteiger partial charge in [0.2, 0.25) is 0 Å². The third-order valence-electron chi connectivity index (χ3n) is 1.80. The summed E-state index contributed by atoms with van der Waals surface area (Å²) < 4.78 is 9.53. The van der Waals surface area contributed by atoms with Crippen LogP contribution in [-0.4, -0.2) is 23.3 Å². The van der Waals surface area contributed by atoms with Crippen molar-refractivity contribution in [1.29, 1.82) is 0 Å². The van der Waals surface area contributed by atoms with Crippen LogP contribution in [0.2, 0.25) is 0 Å². The van der Waals surface area contributed by atoms with Crippen LogP contribution >= 0.6 is 0 Å². The summed E-state index contributed by atoms with van der Waals surface area (Å²) >= 11 is 0. The lowest BCUT2D eigenvalue weighted by Crippen LogP contribution is -2.20. The Morgan fingerprint density at radius 3 is 2.75 bits per heavy atom. The van der Waals surface area contributed by atoms with Crippen molar-refractivity contribution < 1.29 is 28.6 Å². The topological polar surface area (TPSA) is 93.8 Å². The third-order valence-corrected chi connectivity index (χ3v) is 1.80. The number of carboxylic acid groups (broad SMARTS) is 1. The van der Waals surface area contributed by atoms with Gasteiger partial charge >= 0.3 is 11.9 Å². The van der Waals surface area contributed by atoms with Crippen molar-refractivity contribution in [3.05, 3.63) is 17.9 Å². The van der Waals surface area contributed by atoms with Gasteiger partial charge in [0.15, 0.2) is 12.0 Å². The highest BCUT2D eigenvalue weighted by atomic mass is 16.6. The lowest BCUT2D eigenvalue weighted by atomic mass is 10.1. The summed E-state index contributed by atoms with van der Waals surface area (Å²) in [5, 5.41) is 8.46. The molecule has 0 spiro atoms. The molecule has 6 nitrogen and oxygen atoms in total. The molecular weight excluding hydrogens is 216 g/mol. The number of aliphatic carboxylic acids is 1. The van der Waals surface area contributed by atoms with Crippen LogP contribution in [0.15, 0.2) is 16.5 Å². The van der Waals surface area contributed by atoms with E-state index in [1.165, 1.54) is 19.1 Å². The van der Waals surface area contributed by atoms with Crippen LogP contribution in [0.5, 0.6) is 5.95 Å². The molecule has 86 valence electrons. The first-order valence-corrected chi connectivity index (χ1v) is 4.51. The van der Waals surface area contributed by atoms with E-state index in [1.807, 2.05) is 0 Å². The molecule has 0 amide bonds. The van der Waals surface area contributed by atoms with Crippen molar-refractivity contribution in [2.45, 2.75) is 13.3 Å². The van der Waals surface area contributed by atoms with Gasteiger partial charge in [0, 0.05) is 6.07 Å². The second kappa shape index (κ2) is 5.11. The van der Waals surface area contributed by atoms with E-state index in [4.69, 9.17) is 14.3 Å². The summed E-state index contributed by atoms with van der Waals surface area (Å²) in [7, 11) is 0. The Hall–Kier alpha value is -2.11. The number of carbonyl (C=O) groups excluding carboxylic acids is 2. The maximum Gasteiger partial charge on any atom is 0.317 e. The molecule has 0 aromatic carbocycles. The summed E-state index contributed by atoms with van der Waals surface area (Å²) in [6, 6.07) is 2.66. The number of carboxylic acids is 1. The highest BCUT2D eigenvalue weighted by molar-refractivity contribution is 5.80. The molecule has 6 heteroatoms. The van der Waals surface area contributed by atoms with Gasteiger partial charge in [-0.15, -0.1) is 0 Å². The molecule has 0 fully saturated rings. The van der Waals surface area contributed by atoms with E-state index in [0.717, 1.165) is 0 Å². The maximum atomic E-state index is 11.3. The molecule has 0 aliphatic rings. The van der Waals surface area contributed by atoms with Crippen molar-refractivity contribution >= 4 is 18.2 Å². The molecule has 1 heterocycles. The quantitative estimate of drug-likeness (QED) is 0.597. The predicted octanol–water partition coefficient (Wildman–Crippen LogP) is 1.11. The van der Waals surface area contributed by atoms with Gasteiger partial charge in [0.05, 0.1) is 12.3 Å². The van der Waals surface area contributed by atoms with Gasteiger partial charge in [-0.1, -0.05) is 6.92 Å². The summed E-state index contributed by atoms with van der Waals surface area (Å²) in [6.07, 6.45) is 0.151. The second-order valence-corrected chi connectivity index (χ2v) is 3.19. The minimum absolute atomic E-state index is 0.0358. The number of ether oxygens (including phenoxy) is 1. The lowest BCUT2D eigenvalue weighted by molar-refractivity contribution is -0.146. The molecular formula is C10H10O6. The van der Waals surface area contributed by atoms with Gasteiger partial charge in [-0.3, -0.25) is 14.4 Å². The van der Waals surface area contributed by atoms with E-state index in [0.29, 0.717) is 6.29 Å². The molecule has 0 saturated heterocycles. The molecule has 0 saturated carbocycles. The fourth-order valence-corrected chi connectivity index (χ4v) is 0.998. The number of carbonyl (C=O) groups is 3. The molecule has 0 aliphatic heterocycles. The van der Waals surface area contributed by atoms with Gasteiger partial charge in [0.25, 0.3) is 5.95 Å². The monoisotopic (exact) mass is 226 g/mol. The number of hydrogen-bond donors (Lipinski definition) is 1. The average molecular weight is 226 g/mol. The molecule has 0 radical (unpaired) electrons. The van der Waals surface area contributed by atoms with Crippen molar-refractivity contribution in [2.24, 2.45) is 5.92 Å². The van der Waals surface area contributed by atoms with Crippen LogP contribution in [0.25, 0.3) is 0 Å². The Balaban J connectivity index is 2.56. The van der Waals surface area contributed by atoms with Crippen LogP contribution in [0.1, 0.15) is 23.9 Å². The van der Waals surface area contributed by atoms with Crippen LogP contribution in [0.4, 0.5) is 0 Å². The molecule has 1 rings (SSSR count). The third kappa shape index (κ3) is 3.23. The van der Waals surface area contributed by atoms with E-state index < -0.39 is 17.9 Å². The Kier molecular flexibility index (Phi) is 3.82. The largest absolute Gasteiger partial charge is 0.481 e. The van der Waals surface area contributed by atoms with E-state index in [-0.39, 0.29) is 18.1 Å². The van der Waals surface area contributed by atoms with Crippen LogP contribution in [0, 0.1) is 5.92 Å².